The molecular weight excluding hydrogens is 242 g/mol. The van der Waals surface area contributed by atoms with Gasteiger partial charge in [0.05, 0.1) is 6.61 Å². The van der Waals surface area contributed by atoms with Gasteiger partial charge in [0.15, 0.2) is 0 Å². The number of rotatable bonds is 4. The molecule has 1 unspecified atom stereocenters. The number of fused-ring (bicyclic) bond motifs is 1. The molecule has 0 fully saturated rings. The standard InChI is InChI=1S/C15H17NOS/c1-11(16-10-14-3-2-8-18-14)12-4-5-15-13(9-12)6-7-17-15/h2-5,8-9,11,16H,6-7,10H2,1H3. The maximum Gasteiger partial charge on any atom is 0.122 e. The molecule has 2 nitrogen and oxygen atoms in total. The zero-order chi connectivity index (χ0) is 12.4. The number of hydrogen-bond acceptors (Lipinski definition) is 3. The first-order valence-corrected chi connectivity index (χ1v) is 7.22. The highest BCUT2D eigenvalue weighted by Gasteiger charge is 2.14. The molecule has 1 atom stereocenters. The van der Waals surface area contributed by atoms with E-state index in [2.05, 4.69) is 48.0 Å². The summed E-state index contributed by atoms with van der Waals surface area (Å²) in [5, 5.41) is 5.68. The number of nitrogens with one attached hydrogen (secondary N) is 1. The first-order valence-electron chi connectivity index (χ1n) is 6.34. The zero-order valence-electron chi connectivity index (χ0n) is 10.5. The molecule has 3 rings (SSSR count). The molecule has 94 valence electrons. The summed E-state index contributed by atoms with van der Waals surface area (Å²) in [5.41, 5.74) is 2.69. The van der Waals surface area contributed by atoms with Gasteiger partial charge in [-0.3, -0.25) is 0 Å². The molecule has 0 aliphatic carbocycles. The van der Waals surface area contributed by atoms with Crippen LogP contribution in [0.2, 0.25) is 0 Å². The van der Waals surface area contributed by atoms with Crippen molar-refractivity contribution in [3.8, 4) is 5.75 Å². The quantitative estimate of drug-likeness (QED) is 0.907. The minimum atomic E-state index is 0.373. The monoisotopic (exact) mass is 259 g/mol. The molecule has 1 aliphatic heterocycles. The molecule has 1 aliphatic rings. The Labute approximate surface area is 112 Å². The smallest absolute Gasteiger partial charge is 0.122 e. The number of thiophene rings is 1. The van der Waals surface area contributed by atoms with E-state index in [9.17, 15) is 0 Å². The van der Waals surface area contributed by atoms with Crippen LogP contribution in [0.4, 0.5) is 0 Å². The van der Waals surface area contributed by atoms with Crippen molar-refractivity contribution in [2.75, 3.05) is 6.61 Å². The van der Waals surface area contributed by atoms with Crippen molar-refractivity contribution in [2.45, 2.75) is 25.9 Å². The fourth-order valence-corrected chi connectivity index (χ4v) is 2.92. The second kappa shape index (κ2) is 5.12. The SMILES string of the molecule is CC(NCc1cccs1)c1ccc2c(c1)CCO2. The third-order valence-corrected chi connectivity index (χ3v) is 4.25. The van der Waals surface area contributed by atoms with E-state index in [0.29, 0.717) is 6.04 Å². The van der Waals surface area contributed by atoms with E-state index in [1.165, 1.54) is 16.0 Å². The maximum absolute atomic E-state index is 5.53. The Morgan fingerprint density at radius 1 is 1.39 bits per heavy atom. The highest BCUT2D eigenvalue weighted by atomic mass is 32.1. The summed E-state index contributed by atoms with van der Waals surface area (Å²) >= 11 is 1.80. The van der Waals surface area contributed by atoms with Crippen molar-refractivity contribution in [2.24, 2.45) is 0 Å². The first-order chi connectivity index (χ1) is 8.83. The second-order valence-corrected chi connectivity index (χ2v) is 5.68. The Morgan fingerprint density at radius 3 is 3.17 bits per heavy atom. The van der Waals surface area contributed by atoms with Crippen LogP contribution in [0, 0.1) is 0 Å². The van der Waals surface area contributed by atoms with Crippen LogP contribution in [0.15, 0.2) is 35.7 Å². The minimum absolute atomic E-state index is 0.373. The molecule has 2 heterocycles. The van der Waals surface area contributed by atoms with Gasteiger partial charge >= 0.3 is 0 Å². The molecule has 0 bridgehead atoms. The summed E-state index contributed by atoms with van der Waals surface area (Å²) in [7, 11) is 0. The van der Waals surface area contributed by atoms with E-state index in [1.807, 2.05) is 0 Å². The van der Waals surface area contributed by atoms with Gasteiger partial charge < -0.3 is 10.1 Å². The van der Waals surface area contributed by atoms with Crippen LogP contribution in [0.3, 0.4) is 0 Å². The summed E-state index contributed by atoms with van der Waals surface area (Å²) in [6.07, 6.45) is 1.04. The number of hydrogen-bond donors (Lipinski definition) is 1. The van der Waals surface area contributed by atoms with Crippen LogP contribution in [0.25, 0.3) is 0 Å². The van der Waals surface area contributed by atoms with Gasteiger partial charge in [-0.15, -0.1) is 11.3 Å². The van der Waals surface area contributed by atoms with Crippen molar-refractivity contribution in [1.29, 1.82) is 0 Å². The first kappa shape index (κ1) is 11.8. The molecule has 2 aromatic rings. The van der Waals surface area contributed by atoms with E-state index in [-0.39, 0.29) is 0 Å². The largest absolute Gasteiger partial charge is 0.493 e. The van der Waals surface area contributed by atoms with Gasteiger partial charge in [-0.2, -0.15) is 0 Å². The van der Waals surface area contributed by atoms with Crippen molar-refractivity contribution in [3.05, 3.63) is 51.7 Å². The van der Waals surface area contributed by atoms with Crippen LogP contribution in [0.5, 0.6) is 5.75 Å². The van der Waals surface area contributed by atoms with Gasteiger partial charge in [0, 0.05) is 23.9 Å². The lowest BCUT2D eigenvalue weighted by molar-refractivity contribution is 0.356. The minimum Gasteiger partial charge on any atom is -0.493 e. The normalized spacial score (nSPS) is 15.2. The van der Waals surface area contributed by atoms with Gasteiger partial charge in [0.1, 0.15) is 5.75 Å². The van der Waals surface area contributed by atoms with Crippen LogP contribution in [0.1, 0.15) is 29.0 Å². The van der Waals surface area contributed by atoms with E-state index in [0.717, 1.165) is 25.3 Å². The Balaban J connectivity index is 1.67. The maximum atomic E-state index is 5.53. The lowest BCUT2D eigenvalue weighted by Crippen LogP contribution is -2.17. The van der Waals surface area contributed by atoms with Crippen LogP contribution < -0.4 is 10.1 Å². The summed E-state index contributed by atoms with van der Waals surface area (Å²) in [6, 6.07) is 11.2. The molecule has 1 aromatic heterocycles. The Morgan fingerprint density at radius 2 is 2.33 bits per heavy atom. The summed E-state index contributed by atoms with van der Waals surface area (Å²) < 4.78 is 5.53. The Hall–Kier alpha value is -1.32. The fourth-order valence-electron chi connectivity index (χ4n) is 2.26. The Kier molecular flexibility index (Phi) is 3.35. The predicted octanol–water partition coefficient (Wildman–Crippen LogP) is 3.53. The molecule has 1 N–H and O–H groups in total. The third kappa shape index (κ3) is 2.42. The number of benzene rings is 1. The van der Waals surface area contributed by atoms with Gasteiger partial charge in [-0.25, -0.2) is 0 Å². The summed E-state index contributed by atoms with van der Waals surface area (Å²) in [6.45, 7) is 3.98. The predicted molar refractivity (Wildman–Crippen MR) is 75.2 cm³/mol. The molecule has 1 aromatic carbocycles. The average Bonchev–Trinajstić information content (AvgIpc) is 3.05. The average molecular weight is 259 g/mol. The van der Waals surface area contributed by atoms with Crippen LogP contribution >= 0.6 is 11.3 Å². The second-order valence-electron chi connectivity index (χ2n) is 4.65. The zero-order valence-corrected chi connectivity index (χ0v) is 11.3. The highest BCUT2D eigenvalue weighted by molar-refractivity contribution is 7.09. The van der Waals surface area contributed by atoms with Gasteiger partial charge in [-0.1, -0.05) is 18.2 Å². The van der Waals surface area contributed by atoms with Gasteiger partial charge in [0.2, 0.25) is 0 Å². The molecule has 0 radical (unpaired) electrons. The lowest BCUT2D eigenvalue weighted by atomic mass is 10.0. The van der Waals surface area contributed by atoms with Crippen molar-refractivity contribution >= 4 is 11.3 Å². The van der Waals surface area contributed by atoms with Crippen LogP contribution in [-0.4, -0.2) is 6.61 Å². The number of ether oxygens (including phenoxy) is 1. The molecule has 18 heavy (non-hydrogen) atoms. The van der Waals surface area contributed by atoms with Gasteiger partial charge in [-0.05, 0) is 35.6 Å². The molecular formula is C15H17NOS. The van der Waals surface area contributed by atoms with E-state index in [4.69, 9.17) is 4.74 Å². The third-order valence-electron chi connectivity index (χ3n) is 3.38. The fraction of sp³-hybridized carbons (Fsp3) is 0.333. The summed E-state index contributed by atoms with van der Waals surface area (Å²) in [4.78, 5) is 1.38. The molecule has 0 saturated carbocycles. The molecule has 0 spiro atoms. The lowest BCUT2D eigenvalue weighted by Gasteiger charge is -2.14. The van der Waals surface area contributed by atoms with Crippen molar-refractivity contribution in [3.63, 3.8) is 0 Å². The molecule has 0 saturated heterocycles. The van der Waals surface area contributed by atoms with E-state index in [1.54, 1.807) is 11.3 Å². The van der Waals surface area contributed by atoms with Crippen molar-refractivity contribution in [1.82, 2.24) is 5.32 Å². The molecule has 0 amide bonds. The summed E-state index contributed by atoms with van der Waals surface area (Å²) in [5.74, 6) is 1.06. The van der Waals surface area contributed by atoms with Crippen LogP contribution in [-0.2, 0) is 13.0 Å². The molecule has 3 heteroatoms. The van der Waals surface area contributed by atoms with Crippen molar-refractivity contribution < 1.29 is 4.74 Å². The highest BCUT2D eigenvalue weighted by Crippen LogP contribution is 2.28. The Bertz CT molecular complexity index is 521. The van der Waals surface area contributed by atoms with E-state index < -0.39 is 0 Å². The topological polar surface area (TPSA) is 21.3 Å². The van der Waals surface area contributed by atoms with E-state index >= 15 is 0 Å². The van der Waals surface area contributed by atoms with Gasteiger partial charge in [0.25, 0.3) is 0 Å².